The monoisotopic (exact) mass is 620 g/mol. The van der Waals surface area contributed by atoms with Crippen LogP contribution in [0.4, 0.5) is 15.8 Å². The maximum Gasteiger partial charge on any atom is 0.269 e. The van der Waals surface area contributed by atoms with E-state index in [0.29, 0.717) is 50.5 Å². The Bertz CT molecular complexity index is 2350. The number of nitrogens with zero attached hydrogens (tertiary/aromatic N) is 6. The van der Waals surface area contributed by atoms with Crippen molar-refractivity contribution < 1.29 is 18.8 Å². The number of aromatic nitrogens is 3. The van der Waals surface area contributed by atoms with Crippen LogP contribution >= 0.6 is 0 Å². The summed E-state index contributed by atoms with van der Waals surface area (Å²) in [4.78, 5) is 40.1. The number of non-ortho nitro benzene ring substituents is 1. The molecule has 4 aromatic carbocycles. The first-order valence-electron chi connectivity index (χ1n) is 14.6. The van der Waals surface area contributed by atoms with Crippen LogP contribution in [-0.4, -0.2) is 32.9 Å². The first-order chi connectivity index (χ1) is 22.8. The lowest BCUT2D eigenvalue weighted by atomic mass is 9.77. The molecular formula is C36H21FN6O4. The average molecular weight is 621 g/mol. The number of anilines is 1. The van der Waals surface area contributed by atoms with Crippen molar-refractivity contribution >= 4 is 28.3 Å². The molecule has 0 bridgehead atoms. The second kappa shape index (κ2) is 10.3. The molecule has 47 heavy (non-hydrogen) atoms. The van der Waals surface area contributed by atoms with Gasteiger partial charge in [-0.1, -0.05) is 36.4 Å². The number of benzene rings is 4. The predicted octanol–water partition coefficient (Wildman–Crippen LogP) is 6.95. The quantitative estimate of drug-likeness (QED) is 0.115. The van der Waals surface area contributed by atoms with Crippen molar-refractivity contribution in [2.24, 2.45) is 0 Å². The number of carbonyl (C=O) groups is 1. The number of nitro benzene ring substituents is 1. The van der Waals surface area contributed by atoms with Crippen LogP contribution in [0.15, 0.2) is 97.1 Å². The van der Waals surface area contributed by atoms with Gasteiger partial charge in [-0.25, -0.2) is 19.3 Å². The van der Waals surface area contributed by atoms with E-state index >= 15 is 0 Å². The second-order valence-corrected chi connectivity index (χ2v) is 11.3. The summed E-state index contributed by atoms with van der Waals surface area (Å²) in [6.07, 6.45) is 0.182. The van der Waals surface area contributed by atoms with Crippen LogP contribution in [0, 0.1) is 27.3 Å². The van der Waals surface area contributed by atoms with Gasteiger partial charge < -0.3 is 4.74 Å². The van der Waals surface area contributed by atoms with Crippen molar-refractivity contribution in [2.45, 2.75) is 12.0 Å². The Balaban J connectivity index is 1.22. The third-order valence-electron chi connectivity index (χ3n) is 8.79. The molecule has 0 N–H and O–H groups in total. The molecule has 8 rings (SSSR count). The zero-order chi connectivity index (χ0) is 32.4. The smallest absolute Gasteiger partial charge is 0.269 e. The van der Waals surface area contributed by atoms with E-state index in [9.17, 15) is 24.6 Å². The van der Waals surface area contributed by atoms with Crippen molar-refractivity contribution in [1.29, 1.82) is 5.26 Å². The van der Waals surface area contributed by atoms with E-state index in [2.05, 4.69) is 11.1 Å². The molecule has 10 nitrogen and oxygen atoms in total. The minimum atomic E-state index is -0.906. The second-order valence-electron chi connectivity index (χ2n) is 11.3. The fraction of sp³-hybridized carbons (Fsp3) is 0.0833. The minimum absolute atomic E-state index is 0.0683. The van der Waals surface area contributed by atoms with Gasteiger partial charge in [-0.15, -0.1) is 0 Å². The van der Waals surface area contributed by atoms with Crippen LogP contribution in [0.2, 0.25) is 0 Å². The van der Waals surface area contributed by atoms with Crippen molar-refractivity contribution in [3.05, 3.63) is 130 Å². The van der Waals surface area contributed by atoms with Crippen LogP contribution in [-0.2, 0) is 10.3 Å². The zero-order valence-electron chi connectivity index (χ0n) is 24.6. The molecular weight excluding hydrogens is 599 g/mol. The first kappa shape index (κ1) is 28.0. The van der Waals surface area contributed by atoms with Gasteiger partial charge in [0.1, 0.15) is 23.0 Å². The molecule has 3 heterocycles. The lowest BCUT2D eigenvalue weighted by Crippen LogP contribution is -2.61. The summed E-state index contributed by atoms with van der Waals surface area (Å²) in [5.41, 5.74) is 6.17. The molecule has 2 aliphatic rings. The minimum Gasteiger partial charge on any atom is -0.480 e. The summed E-state index contributed by atoms with van der Waals surface area (Å²) in [5, 5.41) is 21.1. The topological polar surface area (TPSA) is 135 Å². The van der Waals surface area contributed by atoms with Crippen LogP contribution in [0.3, 0.4) is 0 Å². The summed E-state index contributed by atoms with van der Waals surface area (Å²) in [6.45, 7) is 0. The van der Waals surface area contributed by atoms with Crippen molar-refractivity contribution in [3.63, 3.8) is 0 Å². The molecule has 1 saturated heterocycles. The maximum absolute atomic E-state index is 14.2. The highest BCUT2D eigenvalue weighted by atomic mass is 19.1. The molecule has 1 fully saturated rings. The van der Waals surface area contributed by atoms with Crippen molar-refractivity contribution in [1.82, 2.24) is 15.0 Å². The van der Waals surface area contributed by atoms with Crippen molar-refractivity contribution in [3.8, 4) is 45.6 Å². The highest BCUT2D eigenvalue weighted by Crippen LogP contribution is 2.57. The summed E-state index contributed by atoms with van der Waals surface area (Å²) in [5.74, 6) is -0.404. The van der Waals surface area contributed by atoms with E-state index < -0.39 is 16.3 Å². The fourth-order valence-electron chi connectivity index (χ4n) is 6.65. The molecule has 226 valence electrons. The molecule has 0 saturated carbocycles. The number of nitriles is 1. The van der Waals surface area contributed by atoms with E-state index in [4.69, 9.17) is 14.7 Å². The van der Waals surface area contributed by atoms with Gasteiger partial charge in [0.15, 0.2) is 0 Å². The predicted molar refractivity (Wildman–Crippen MR) is 171 cm³/mol. The summed E-state index contributed by atoms with van der Waals surface area (Å²) >= 11 is 0. The van der Waals surface area contributed by atoms with E-state index in [1.807, 2.05) is 48.5 Å². The summed E-state index contributed by atoms with van der Waals surface area (Å²) in [7, 11) is 1.42. The number of ether oxygens (including phenoxy) is 1. The third kappa shape index (κ3) is 4.08. The molecule has 1 unspecified atom stereocenters. The number of halogens is 1. The number of hydrogen-bond acceptors (Lipinski definition) is 8. The number of nitro groups is 1. The lowest BCUT2D eigenvalue weighted by molar-refractivity contribution is -0.384. The molecule has 2 aromatic heterocycles. The molecule has 1 aliphatic heterocycles. The highest BCUT2D eigenvalue weighted by molar-refractivity contribution is 6.07. The standard InChI is InChI=1S/C36H21FN6O4/c1-47-35-27(19-38)26(20-6-13-24(14-7-20)43(45)46)17-30(41-35)21-8-11-23(12-9-21)42-32(44)18-36(42)28-5-3-2-4-25(28)33-34(36)40-31-16-22(37)10-15-29(31)39-33/h2-17H,18H2,1H3. The van der Waals surface area contributed by atoms with E-state index in [-0.39, 0.29) is 29.5 Å². The number of rotatable bonds is 5. The highest BCUT2D eigenvalue weighted by Gasteiger charge is 2.60. The van der Waals surface area contributed by atoms with Gasteiger partial charge in [-0.3, -0.25) is 19.8 Å². The van der Waals surface area contributed by atoms with E-state index in [1.54, 1.807) is 29.2 Å². The number of pyridine rings is 1. The molecule has 1 atom stereocenters. The molecule has 1 spiro atoms. The fourth-order valence-corrected chi connectivity index (χ4v) is 6.65. The Morgan fingerprint density at radius 1 is 0.915 bits per heavy atom. The van der Waals surface area contributed by atoms with E-state index in [0.717, 1.165) is 11.1 Å². The van der Waals surface area contributed by atoms with Gasteiger partial charge in [-0.2, -0.15) is 5.26 Å². The normalized spacial score (nSPS) is 16.0. The Labute approximate surface area is 266 Å². The molecule has 1 amide bonds. The Hall–Kier alpha value is -6.54. The van der Waals surface area contributed by atoms with Gasteiger partial charge in [0.05, 0.1) is 46.6 Å². The van der Waals surface area contributed by atoms with Crippen LogP contribution < -0.4 is 9.64 Å². The van der Waals surface area contributed by atoms with E-state index in [1.165, 1.54) is 31.4 Å². The largest absolute Gasteiger partial charge is 0.480 e. The lowest BCUT2D eigenvalue weighted by Gasteiger charge is -2.50. The van der Waals surface area contributed by atoms with Gasteiger partial charge >= 0.3 is 0 Å². The maximum atomic E-state index is 14.2. The Morgan fingerprint density at radius 2 is 1.66 bits per heavy atom. The SMILES string of the molecule is COc1nc(-c2ccc(N3C(=O)CC34c3ccccc3-c3nc5ccc(F)cc5nc34)cc2)cc(-c2ccc([N+](=O)[O-])cc2)c1C#N. The van der Waals surface area contributed by atoms with Gasteiger partial charge in [0.25, 0.3) is 5.69 Å². The third-order valence-corrected chi connectivity index (χ3v) is 8.79. The molecule has 6 aromatic rings. The van der Waals surface area contributed by atoms with Gasteiger partial charge in [0.2, 0.25) is 11.8 Å². The summed E-state index contributed by atoms with van der Waals surface area (Å²) < 4.78 is 19.7. The number of hydrogen-bond donors (Lipinski definition) is 0. The van der Waals surface area contributed by atoms with Crippen molar-refractivity contribution in [2.75, 3.05) is 12.0 Å². The Kier molecular flexibility index (Phi) is 6.10. The first-order valence-corrected chi connectivity index (χ1v) is 14.6. The molecule has 11 heteroatoms. The average Bonchev–Trinajstić information content (AvgIpc) is 3.37. The summed E-state index contributed by atoms with van der Waals surface area (Å²) in [6, 6.07) is 29.1. The molecule has 1 aliphatic carbocycles. The number of amides is 1. The molecule has 0 radical (unpaired) electrons. The van der Waals surface area contributed by atoms with Crippen LogP contribution in [0.1, 0.15) is 23.2 Å². The van der Waals surface area contributed by atoms with Gasteiger partial charge in [0, 0.05) is 40.6 Å². The number of β-lactam (4-membered cyclic amide) rings is 1. The van der Waals surface area contributed by atoms with Gasteiger partial charge in [-0.05, 0) is 53.6 Å². The zero-order valence-corrected chi connectivity index (χ0v) is 24.6. The number of fused-ring (bicyclic) bond motifs is 6. The number of carbonyl (C=O) groups excluding carboxylic acids is 1. The van der Waals surface area contributed by atoms with Crippen LogP contribution in [0.25, 0.3) is 44.7 Å². The Morgan fingerprint density at radius 3 is 2.36 bits per heavy atom. The number of methoxy groups -OCH3 is 1. The van der Waals surface area contributed by atoms with Crippen LogP contribution in [0.5, 0.6) is 5.88 Å².